The number of nitrogens with zero attached hydrogens (tertiary/aromatic N) is 3. The van der Waals surface area contributed by atoms with Crippen molar-refractivity contribution < 1.29 is 0 Å². The Bertz CT molecular complexity index is 410. The van der Waals surface area contributed by atoms with E-state index >= 15 is 0 Å². The molecule has 0 aliphatic carbocycles. The zero-order valence-corrected chi connectivity index (χ0v) is 14.4. The van der Waals surface area contributed by atoms with Crippen molar-refractivity contribution in [2.75, 3.05) is 26.2 Å². The topological polar surface area (TPSA) is 33.1 Å². The van der Waals surface area contributed by atoms with E-state index < -0.39 is 0 Å². The largest absolute Gasteiger partial charge is 0.310 e. The molecular formula is C15H27BrN4. The molecular weight excluding hydrogens is 316 g/mol. The van der Waals surface area contributed by atoms with Crippen LogP contribution >= 0.6 is 15.9 Å². The van der Waals surface area contributed by atoms with Gasteiger partial charge in [0.25, 0.3) is 0 Å². The number of halogens is 1. The van der Waals surface area contributed by atoms with Gasteiger partial charge in [-0.3, -0.25) is 4.68 Å². The second-order valence-electron chi connectivity index (χ2n) is 5.46. The monoisotopic (exact) mass is 342 g/mol. The summed E-state index contributed by atoms with van der Waals surface area (Å²) >= 11 is 3.70. The van der Waals surface area contributed by atoms with Gasteiger partial charge in [0.15, 0.2) is 0 Å². The van der Waals surface area contributed by atoms with Gasteiger partial charge in [-0.25, -0.2) is 0 Å². The number of piperidine rings is 1. The molecule has 0 aromatic carbocycles. The van der Waals surface area contributed by atoms with Crippen LogP contribution in [-0.4, -0.2) is 40.9 Å². The first-order chi connectivity index (χ1) is 9.76. The molecule has 2 heterocycles. The molecule has 0 spiro atoms. The Kier molecular flexibility index (Phi) is 6.52. The molecule has 1 aliphatic heterocycles. The first-order valence-corrected chi connectivity index (χ1v) is 8.72. The summed E-state index contributed by atoms with van der Waals surface area (Å²) in [7, 11) is 0. The summed E-state index contributed by atoms with van der Waals surface area (Å²) in [5.74, 6) is 0. The highest BCUT2D eigenvalue weighted by atomic mass is 79.9. The molecule has 0 radical (unpaired) electrons. The lowest BCUT2D eigenvalue weighted by molar-refractivity contribution is 0.228. The average molecular weight is 343 g/mol. The highest BCUT2D eigenvalue weighted by molar-refractivity contribution is 9.10. The third-order valence-electron chi connectivity index (χ3n) is 4.04. The third-order valence-corrected chi connectivity index (χ3v) is 4.96. The van der Waals surface area contributed by atoms with E-state index in [9.17, 15) is 0 Å². The van der Waals surface area contributed by atoms with Gasteiger partial charge in [-0.15, -0.1) is 0 Å². The molecule has 20 heavy (non-hydrogen) atoms. The van der Waals surface area contributed by atoms with Crippen LogP contribution in [0, 0.1) is 0 Å². The maximum atomic E-state index is 4.63. The molecule has 1 fully saturated rings. The molecule has 1 N–H and O–H groups in total. The Hall–Kier alpha value is -0.390. The van der Waals surface area contributed by atoms with Crippen molar-refractivity contribution in [1.82, 2.24) is 20.0 Å². The van der Waals surface area contributed by atoms with Crippen LogP contribution in [-0.2, 0) is 19.5 Å². The quantitative estimate of drug-likeness (QED) is 0.773. The standard InChI is InChI=1S/C15H27BrN4/c1-3-13-15(16)14(20(4-2)18-13)12-17-8-11-19-9-6-5-7-10-19/h17H,3-12H2,1-2H3. The van der Waals surface area contributed by atoms with Crippen LogP contribution < -0.4 is 5.32 Å². The van der Waals surface area contributed by atoms with Crippen LogP contribution in [0.4, 0.5) is 0 Å². The van der Waals surface area contributed by atoms with Gasteiger partial charge >= 0.3 is 0 Å². The number of hydrogen-bond donors (Lipinski definition) is 1. The Morgan fingerprint density at radius 1 is 1.20 bits per heavy atom. The molecule has 114 valence electrons. The van der Waals surface area contributed by atoms with Gasteiger partial charge in [-0.2, -0.15) is 5.10 Å². The molecule has 0 saturated carbocycles. The van der Waals surface area contributed by atoms with E-state index in [2.05, 4.69) is 49.8 Å². The first kappa shape index (κ1) is 16.0. The maximum Gasteiger partial charge on any atom is 0.0767 e. The van der Waals surface area contributed by atoms with Gasteiger partial charge in [-0.1, -0.05) is 13.3 Å². The second-order valence-corrected chi connectivity index (χ2v) is 6.25. The molecule has 5 heteroatoms. The van der Waals surface area contributed by atoms with Gasteiger partial charge in [0, 0.05) is 26.2 Å². The van der Waals surface area contributed by atoms with E-state index in [1.54, 1.807) is 0 Å². The van der Waals surface area contributed by atoms with Gasteiger partial charge in [-0.05, 0) is 55.2 Å². The van der Waals surface area contributed by atoms with Crippen LogP contribution in [0.25, 0.3) is 0 Å². The molecule has 4 nitrogen and oxygen atoms in total. The van der Waals surface area contributed by atoms with Gasteiger partial charge in [0.1, 0.15) is 0 Å². The fourth-order valence-corrected chi connectivity index (χ4v) is 3.52. The predicted molar refractivity (Wildman–Crippen MR) is 87.0 cm³/mol. The molecule has 0 unspecified atom stereocenters. The van der Waals surface area contributed by atoms with Crippen LogP contribution in [0.1, 0.15) is 44.5 Å². The first-order valence-electron chi connectivity index (χ1n) is 7.93. The van der Waals surface area contributed by atoms with E-state index in [1.807, 2.05) is 0 Å². The minimum absolute atomic E-state index is 0.898. The number of aromatic nitrogens is 2. The fourth-order valence-electron chi connectivity index (χ4n) is 2.81. The van der Waals surface area contributed by atoms with Gasteiger partial charge < -0.3 is 10.2 Å². The summed E-state index contributed by atoms with van der Waals surface area (Å²) in [5, 5.41) is 8.20. The summed E-state index contributed by atoms with van der Waals surface area (Å²) in [4.78, 5) is 2.57. The summed E-state index contributed by atoms with van der Waals surface area (Å²) in [6.07, 6.45) is 5.13. The Labute approximate surface area is 131 Å². The van der Waals surface area contributed by atoms with Crippen molar-refractivity contribution in [3.8, 4) is 0 Å². The summed E-state index contributed by atoms with van der Waals surface area (Å²) < 4.78 is 3.30. The molecule has 0 bridgehead atoms. The number of aryl methyl sites for hydroxylation is 2. The fraction of sp³-hybridized carbons (Fsp3) is 0.800. The summed E-state index contributed by atoms with van der Waals surface area (Å²) in [6.45, 7) is 10.9. The van der Waals surface area contributed by atoms with Crippen LogP contribution in [0.3, 0.4) is 0 Å². The molecule has 0 amide bonds. The number of nitrogens with one attached hydrogen (secondary N) is 1. The molecule has 1 aromatic rings. The smallest absolute Gasteiger partial charge is 0.0767 e. The SMILES string of the molecule is CCc1nn(CC)c(CNCCN2CCCCC2)c1Br. The minimum Gasteiger partial charge on any atom is -0.310 e. The Morgan fingerprint density at radius 2 is 1.95 bits per heavy atom. The highest BCUT2D eigenvalue weighted by Crippen LogP contribution is 2.22. The van der Waals surface area contributed by atoms with Crippen molar-refractivity contribution in [1.29, 1.82) is 0 Å². The lowest BCUT2D eigenvalue weighted by Crippen LogP contribution is -2.35. The van der Waals surface area contributed by atoms with Crippen LogP contribution in [0.5, 0.6) is 0 Å². The number of hydrogen-bond acceptors (Lipinski definition) is 3. The maximum absolute atomic E-state index is 4.63. The molecule has 1 aromatic heterocycles. The normalized spacial score (nSPS) is 16.8. The van der Waals surface area contributed by atoms with E-state index in [-0.39, 0.29) is 0 Å². The van der Waals surface area contributed by atoms with Gasteiger partial charge in [0.05, 0.1) is 15.9 Å². The molecule has 1 aliphatic rings. The lowest BCUT2D eigenvalue weighted by Gasteiger charge is -2.26. The molecule has 0 atom stereocenters. The summed E-state index contributed by atoms with van der Waals surface area (Å²) in [6, 6.07) is 0. The van der Waals surface area contributed by atoms with Crippen LogP contribution in [0.15, 0.2) is 4.47 Å². The number of likely N-dealkylation sites (tertiary alicyclic amines) is 1. The van der Waals surface area contributed by atoms with E-state index in [0.717, 1.165) is 26.1 Å². The van der Waals surface area contributed by atoms with E-state index in [4.69, 9.17) is 0 Å². The predicted octanol–water partition coefficient (Wildman–Crippen LogP) is 2.80. The Balaban J connectivity index is 1.79. The van der Waals surface area contributed by atoms with Crippen LogP contribution in [0.2, 0.25) is 0 Å². The zero-order valence-electron chi connectivity index (χ0n) is 12.8. The van der Waals surface area contributed by atoms with E-state index in [1.165, 1.54) is 54.8 Å². The second kappa shape index (κ2) is 8.15. The zero-order chi connectivity index (χ0) is 14.4. The van der Waals surface area contributed by atoms with Crippen molar-refractivity contribution >= 4 is 15.9 Å². The highest BCUT2D eigenvalue weighted by Gasteiger charge is 2.13. The molecule has 1 saturated heterocycles. The Morgan fingerprint density at radius 3 is 2.60 bits per heavy atom. The lowest BCUT2D eigenvalue weighted by atomic mass is 10.1. The van der Waals surface area contributed by atoms with Crippen molar-refractivity contribution in [2.45, 2.75) is 52.6 Å². The van der Waals surface area contributed by atoms with E-state index in [0.29, 0.717) is 0 Å². The van der Waals surface area contributed by atoms with Crippen molar-refractivity contribution in [2.24, 2.45) is 0 Å². The van der Waals surface area contributed by atoms with Crippen molar-refractivity contribution in [3.05, 3.63) is 15.9 Å². The molecule has 2 rings (SSSR count). The minimum atomic E-state index is 0.898. The third kappa shape index (κ3) is 4.06. The van der Waals surface area contributed by atoms with Gasteiger partial charge in [0.2, 0.25) is 0 Å². The summed E-state index contributed by atoms with van der Waals surface area (Å²) in [5.41, 5.74) is 2.45. The van der Waals surface area contributed by atoms with Crippen molar-refractivity contribution in [3.63, 3.8) is 0 Å². The average Bonchev–Trinajstić information content (AvgIpc) is 2.80. The number of rotatable bonds is 7.